The first-order chi connectivity index (χ1) is 23.8. The summed E-state index contributed by atoms with van der Waals surface area (Å²) in [5.41, 5.74) is 19.0. The smallest absolute Gasteiger partial charge is 0.0506 e. The molecule has 0 spiro atoms. The predicted molar refractivity (Wildman–Crippen MR) is 207 cm³/mol. The molecule has 0 radical (unpaired) electrons. The largest absolute Gasteiger partial charge is 0.310 e. The summed E-state index contributed by atoms with van der Waals surface area (Å²) in [4.78, 5) is 2.49. The van der Waals surface area contributed by atoms with Crippen molar-refractivity contribution in [2.45, 2.75) is 38.5 Å². The fourth-order valence-electron chi connectivity index (χ4n) is 8.36. The van der Waals surface area contributed by atoms with Gasteiger partial charge in [-0.25, -0.2) is 0 Å². The second-order valence-corrected chi connectivity index (χ2v) is 14.6. The van der Waals surface area contributed by atoms with Gasteiger partial charge in [-0.05, 0) is 115 Å². The molecule has 0 N–H and O–H groups in total. The van der Waals surface area contributed by atoms with Crippen LogP contribution in [-0.2, 0) is 10.8 Å². The minimum atomic E-state index is -0.148. The van der Waals surface area contributed by atoms with E-state index in [1.807, 2.05) is 0 Å². The Hall–Kier alpha value is -5.66. The average Bonchev–Trinajstić information content (AvgIpc) is 3.37. The first-order valence-corrected chi connectivity index (χ1v) is 17.4. The van der Waals surface area contributed by atoms with Gasteiger partial charge in [0.1, 0.15) is 0 Å². The van der Waals surface area contributed by atoms with Gasteiger partial charge >= 0.3 is 0 Å². The lowest BCUT2D eigenvalue weighted by Gasteiger charge is -2.43. The minimum absolute atomic E-state index is 0.0716. The van der Waals surface area contributed by atoms with E-state index in [1.54, 1.807) is 0 Å². The topological polar surface area (TPSA) is 3.24 Å². The third kappa shape index (κ3) is 4.60. The highest BCUT2D eigenvalue weighted by Crippen LogP contribution is 2.57. The SMILES string of the molecule is CC1(C)c2ccccc2-c2cc3c(cc21)N(c1ccc(-c2cc(-c4ccccc4)cc(-c4ccccc4)c2)cc1)c1ccccc1C3(C)C. The van der Waals surface area contributed by atoms with E-state index in [9.17, 15) is 0 Å². The zero-order chi connectivity index (χ0) is 33.3. The van der Waals surface area contributed by atoms with Crippen LogP contribution in [0.15, 0.2) is 164 Å². The number of rotatable bonds is 4. The van der Waals surface area contributed by atoms with Crippen LogP contribution >= 0.6 is 0 Å². The van der Waals surface area contributed by atoms with E-state index in [1.165, 1.54) is 83.8 Å². The molecule has 0 atom stereocenters. The molecule has 0 amide bonds. The molecule has 236 valence electrons. The molecule has 2 aliphatic rings. The summed E-state index contributed by atoms with van der Waals surface area (Å²) in [5.74, 6) is 0. The van der Waals surface area contributed by atoms with E-state index in [4.69, 9.17) is 0 Å². The summed E-state index contributed by atoms with van der Waals surface area (Å²) in [5, 5.41) is 0. The maximum atomic E-state index is 2.50. The lowest BCUT2D eigenvalue weighted by Crippen LogP contribution is -2.31. The molecule has 1 heterocycles. The van der Waals surface area contributed by atoms with Crippen LogP contribution in [0.4, 0.5) is 17.1 Å². The number of para-hydroxylation sites is 1. The highest BCUT2D eigenvalue weighted by molar-refractivity contribution is 5.92. The molecule has 1 heteroatoms. The van der Waals surface area contributed by atoms with Crippen molar-refractivity contribution in [2.24, 2.45) is 0 Å². The summed E-state index contributed by atoms with van der Waals surface area (Å²) >= 11 is 0. The Balaban J connectivity index is 1.19. The van der Waals surface area contributed by atoms with Gasteiger partial charge in [0.2, 0.25) is 0 Å². The van der Waals surface area contributed by atoms with Crippen LogP contribution < -0.4 is 4.90 Å². The molecule has 0 bridgehead atoms. The molecule has 0 saturated heterocycles. The predicted octanol–water partition coefficient (Wildman–Crippen LogP) is 13.1. The van der Waals surface area contributed by atoms with Gasteiger partial charge in [0, 0.05) is 16.5 Å². The average molecular weight is 630 g/mol. The second-order valence-electron chi connectivity index (χ2n) is 14.6. The summed E-state index contributed by atoms with van der Waals surface area (Å²) in [6.07, 6.45) is 0. The third-order valence-electron chi connectivity index (χ3n) is 11.0. The van der Waals surface area contributed by atoms with Crippen LogP contribution in [0, 0.1) is 0 Å². The zero-order valence-corrected chi connectivity index (χ0v) is 28.5. The Morgan fingerprint density at radius 2 is 0.816 bits per heavy atom. The van der Waals surface area contributed by atoms with Crippen LogP contribution in [0.3, 0.4) is 0 Å². The Kier molecular flexibility index (Phi) is 6.58. The molecule has 0 fully saturated rings. The number of nitrogens with zero attached hydrogens (tertiary/aromatic N) is 1. The Labute approximate surface area is 290 Å². The molecule has 0 aromatic heterocycles. The van der Waals surface area contributed by atoms with E-state index in [-0.39, 0.29) is 10.8 Å². The molecular formula is C48H39N. The molecule has 1 nitrogen and oxygen atoms in total. The Morgan fingerprint density at radius 3 is 1.43 bits per heavy atom. The van der Waals surface area contributed by atoms with Gasteiger partial charge < -0.3 is 4.90 Å². The minimum Gasteiger partial charge on any atom is -0.310 e. The molecule has 1 aliphatic heterocycles. The van der Waals surface area contributed by atoms with Crippen molar-refractivity contribution in [3.8, 4) is 44.5 Å². The maximum Gasteiger partial charge on any atom is 0.0506 e. The molecule has 1 aliphatic carbocycles. The highest BCUT2D eigenvalue weighted by atomic mass is 15.2. The van der Waals surface area contributed by atoms with Gasteiger partial charge in [0.05, 0.1) is 11.4 Å². The Bertz CT molecular complexity index is 2300. The van der Waals surface area contributed by atoms with Gasteiger partial charge in [0.15, 0.2) is 0 Å². The maximum absolute atomic E-state index is 2.50. The molecule has 49 heavy (non-hydrogen) atoms. The van der Waals surface area contributed by atoms with E-state index in [0.717, 1.165) is 0 Å². The fraction of sp³-hybridized carbons (Fsp3) is 0.125. The molecule has 0 unspecified atom stereocenters. The number of hydrogen-bond acceptors (Lipinski definition) is 1. The van der Waals surface area contributed by atoms with E-state index in [0.29, 0.717) is 0 Å². The van der Waals surface area contributed by atoms with Gasteiger partial charge in [-0.15, -0.1) is 0 Å². The highest BCUT2D eigenvalue weighted by Gasteiger charge is 2.42. The summed E-state index contributed by atoms with van der Waals surface area (Å²) in [7, 11) is 0. The molecule has 9 rings (SSSR count). The molecule has 7 aromatic carbocycles. The van der Waals surface area contributed by atoms with Crippen LogP contribution in [0.25, 0.3) is 44.5 Å². The third-order valence-corrected chi connectivity index (χ3v) is 11.0. The summed E-state index contributed by atoms with van der Waals surface area (Å²) in [6.45, 7) is 9.51. The lowest BCUT2D eigenvalue weighted by molar-refractivity contribution is 0.627. The fourth-order valence-corrected chi connectivity index (χ4v) is 8.36. The second kappa shape index (κ2) is 10.9. The van der Waals surface area contributed by atoms with Crippen molar-refractivity contribution in [3.63, 3.8) is 0 Å². The molecule has 7 aromatic rings. The first kappa shape index (κ1) is 29.5. The van der Waals surface area contributed by atoms with Gasteiger partial charge in [0.25, 0.3) is 0 Å². The van der Waals surface area contributed by atoms with Crippen molar-refractivity contribution in [1.82, 2.24) is 0 Å². The van der Waals surface area contributed by atoms with Crippen molar-refractivity contribution < 1.29 is 0 Å². The lowest BCUT2D eigenvalue weighted by atomic mass is 9.72. The van der Waals surface area contributed by atoms with Crippen molar-refractivity contribution in [2.75, 3.05) is 4.90 Å². The number of hydrogen-bond donors (Lipinski definition) is 0. The summed E-state index contributed by atoms with van der Waals surface area (Å²) < 4.78 is 0. The van der Waals surface area contributed by atoms with Gasteiger partial charge in [-0.3, -0.25) is 0 Å². The van der Waals surface area contributed by atoms with Crippen LogP contribution in [0.5, 0.6) is 0 Å². The summed E-state index contributed by atoms with van der Waals surface area (Å²) in [6, 6.07) is 60.5. The van der Waals surface area contributed by atoms with Gasteiger partial charge in [-0.1, -0.05) is 143 Å². The number of benzene rings is 7. The molecule has 0 saturated carbocycles. The first-order valence-electron chi connectivity index (χ1n) is 17.4. The van der Waals surface area contributed by atoms with E-state index < -0.39 is 0 Å². The monoisotopic (exact) mass is 629 g/mol. The van der Waals surface area contributed by atoms with E-state index in [2.05, 4.69) is 196 Å². The van der Waals surface area contributed by atoms with Gasteiger partial charge in [-0.2, -0.15) is 0 Å². The standard InChI is InChI=1S/C48H39N/c1-47(2)41-20-12-11-19-39(41)40-30-44-46(31-43(40)47)49(45-22-14-13-21-42(45)48(44,3)4)38-25-23-34(24-26-38)37-28-35(32-15-7-5-8-16-32)27-36(29-37)33-17-9-6-10-18-33/h5-31H,1-4H3. The van der Waals surface area contributed by atoms with Crippen molar-refractivity contribution in [1.29, 1.82) is 0 Å². The Morgan fingerprint density at radius 1 is 0.327 bits per heavy atom. The van der Waals surface area contributed by atoms with Crippen LogP contribution in [-0.4, -0.2) is 0 Å². The molecular weight excluding hydrogens is 591 g/mol. The zero-order valence-electron chi connectivity index (χ0n) is 28.5. The van der Waals surface area contributed by atoms with Crippen LogP contribution in [0.1, 0.15) is 49.9 Å². The van der Waals surface area contributed by atoms with Crippen molar-refractivity contribution >= 4 is 17.1 Å². The number of anilines is 3. The van der Waals surface area contributed by atoms with Crippen molar-refractivity contribution in [3.05, 3.63) is 186 Å². The van der Waals surface area contributed by atoms with E-state index >= 15 is 0 Å². The van der Waals surface area contributed by atoms with Crippen LogP contribution in [0.2, 0.25) is 0 Å². The normalized spacial score (nSPS) is 14.8. The number of fused-ring (bicyclic) bond motifs is 5. The quantitative estimate of drug-likeness (QED) is 0.187.